The van der Waals surface area contributed by atoms with Gasteiger partial charge in [-0.05, 0) is 26.1 Å². The van der Waals surface area contributed by atoms with E-state index in [-0.39, 0.29) is 5.91 Å². The van der Waals surface area contributed by atoms with Crippen molar-refractivity contribution in [2.24, 2.45) is 5.84 Å². The van der Waals surface area contributed by atoms with Crippen LogP contribution in [-0.2, 0) is 0 Å². The van der Waals surface area contributed by atoms with Crippen LogP contribution in [0.3, 0.4) is 0 Å². The third-order valence-corrected chi connectivity index (χ3v) is 3.42. The number of likely N-dealkylation sites (N-methyl/N-ethyl adjacent to an activating group) is 1. The van der Waals surface area contributed by atoms with Gasteiger partial charge < -0.3 is 15.2 Å². The lowest BCUT2D eigenvalue weighted by atomic mass is 10.1. The monoisotopic (exact) mass is 249 g/mol. The Bertz CT molecular complexity index is 436. The van der Waals surface area contributed by atoms with E-state index in [0.29, 0.717) is 17.4 Å². The van der Waals surface area contributed by atoms with Crippen molar-refractivity contribution in [1.29, 1.82) is 0 Å². The van der Waals surface area contributed by atoms with E-state index >= 15 is 0 Å². The molecule has 1 amide bonds. The quantitative estimate of drug-likeness (QED) is 0.576. The molecule has 3 N–H and O–H groups in total. The number of nitrogens with zero attached hydrogens (tertiary/aromatic N) is 3. The molecular weight excluding hydrogens is 230 g/mol. The molecule has 1 atom stereocenters. The smallest absolute Gasteiger partial charge is 0.257 e. The number of nitrogens with two attached hydrogens (primary N) is 1. The van der Waals surface area contributed by atoms with Gasteiger partial charge in [-0.2, -0.15) is 0 Å². The van der Waals surface area contributed by atoms with E-state index in [1.807, 2.05) is 4.90 Å². The Morgan fingerprint density at radius 1 is 1.56 bits per heavy atom. The van der Waals surface area contributed by atoms with Gasteiger partial charge in [0.15, 0.2) is 5.82 Å². The van der Waals surface area contributed by atoms with Crippen LogP contribution >= 0.6 is 0 Å². The highest BCUT2D eigenvalue weighted by molar-refractivity contribution is 5.98. The molecule has 0 bridgehead atoms. The second-order valence-electron chi connectivity index (χ2n) is 4.62. The molecule has 6 heteroatoms. The lowest BCUT2D eigenvalue weighted by Gasteiger charge is -2.37. The maximum absolute atomic E-state index is 12.4. The highest BCUT2D eigenvalue weighted by Crippen LogP contribution is 2.16. The molecule has 1 aromatic heterocycles. The molecular formula is C12H19N5O. The summed E-state index contributed by atoms with van der Waals surface area (Å²) in [6.45, 7) is 4.47. The molecule has 1 fully saturated rings. The van der Waals surface area contributed by atoms with Gasteiger partial charge in [0.05, 0.1) is 5.56 Å². The second-order valence-corrected chi connectivity index (χ2v) is 4.62. The molecule has 98 valence electrons. The first-order valence-electron chi connectivity index (χ1n) is 6.04. The third kappa shape index (κ3) is 2.44. The van der Waals surface area contributed by atoms with Gasteiger partial charge in [0, 0.05) is 31.9 Å². The van der Waals surface area contributed by atoms with Crippen molar-refractivity contribution in [2.75, 3.05) is 32.1 Å². The fraction of sp³-hybridized carbons (Fsp3) is 0.500. The minimum Gasteiger partial charge on any atom is -0.336 e. The molecule has 1 unspecified atom stereocenters. The number of hydrazine groups is 1. The number of anilines is 1. The minimum absolute atomic E-state index is 0.0176. The average molecular weight is 249 g/mol. The topological polar surface area (TPSA) is 74.5 Å². The largest absolute Gasteiger partial charge is 0.336 e. The molecule has 6 nitrogen and oxygen atoms in total. The minimum atomic E-state index is -0.0176. The van der Waals surface area contributed by atoms with Gasteiger partial charge in [-0.15, -0.1) is 0 Å². The standard InChI is InChI=1S/C12H19N5O/c1-9-8-17(7-6-16(9)2)12(18)10-4-3-5-14-11(10)15-13/h3-5,9H,6-8,13H2,1-2H3,(H,14,15). The van der Waals surface area contributed by atoms with Gasteiger partial charge in [-0.1, -0.05) is 0 Å². The summed E-state index contributed by atoms with van der Waals surface area (Å²) in [5.74, 6) is 5.78. The summed E-state index contributed by atoms with van der Waals surface area (Å²) in [5, 5.41) is 0. The Kier molecular flexibility index (Phi) is 3.78. The summed E-state index contributed by atoms with van der Waals surface area (Å²) in [4.78, 5) is 20.6. The number of nitrogen functional groups attached to an aromatic ring is 1. The van der Waals surface area contributed by atoms with Crippen molar-refractivity contribution in [1.82, 2.24) is 14.8 Å². The molecule has 0 spiro atoms. The molecule has 18 heavy (non-hydrogen) atoms. The maximum atomic E-state index is 12.4. The number of nitrogens with one attached hydrogen (secondary N) is 1. The van der Waals surface area contributed by atoms with Gasteiger partial charge in [-0.25, -0.2) is 10.8 Å². The fourth-order valence-electron chi connectivity index (χ4n) is 2.10. The van der Waals surface area contributed by atoms with Crippen LogP contribution in [0.25, 0.3) is 0 Å². The Labute approximate surface area is 107 Å². The Balaban J connectivity index is 2.16. The highest BCUT2D eigenvalue weighted by Gasteiger charge is 2.26. The highest BCUT2D eigenvalue weighted by atomic mass is 16.2. The zero-order chi connectivity index (χ0) is 13.1. The van der Waals surface area contributed by atoms with Crippen molar-refractivity contribution in [3.05, 3.63) is 23.9 Å². The number of rotatable bonds is 2. The second kappa shape index (κ2) is 5.32. The van der Waals surface area contributed by atoms with Crippen molar-refractivity contribution in [3.63, 3.8) is 0 Å². The molecule has 1 aliphatic rings. The van der Waals surface area contributed by atoms with E-state index in [1.165, 1.54) is 0 Å². The average Bonchev–Trinajstić information content (AvgIpc) is 2.41. The zero-order valence-electron chi connectivity index (χ0n) is 10.8. The lowest BCUT2D eigenvalue weighted by molar-refractivity contribution is 0.0573. The number of hydrogen-bond acceptors (Lipinski definition) is 5. The predicted octanol–water partition coefficient (Wildman–Crippen LogP) is 0.143. The summed E-state index contributed by atoms with van der Waals surface area (Å²) in [5.41, 5.74) is 2.99. The zero-order valence-corrected chi connectivity index (χ0v) is 10.8. The van der Waals surface area contributed by atoms with Crippen molar-refractivity contribution < 1.29 is 4.79 Å². The van der Waals surface area contributed by atoms with E-state index in [9.17, 15) is 4.79 Å². The first-order valence-corrected chi connectivity index (χ1v) is 6.04. The Hall–Kier alpha value is -1.66. The van der Waals surface area contributed by atoms with Crippen LogP contribution in [0, 0.1) is 0 Å². The number of pyridine rings is 1. The van der Waals surface area contributed by atoms with E-state index in [4.69, 9.17) is 5.84 Å². The van der Waals surface area contributed by atoms with Gasteiger partial charge in [-0.3, -0.25) is 4.79 Å². The normalized spacial score (nSPS) is 20.8. The summed E-state index contributed by atoms with van der Waals surface area (Å²) in [6.07, 6.45) is 1.61. The van der Waals surface area contributed by atoms with Gasteiger partial charge >= 0.3 is 0 Å². The van der Waals surface area contributed by atoms with Gasteiger partial charge in [0.25, 0.3) is 5.91 Å². The molecule has 0 saturated carbocycles. The predicted molar refractivity (Wildman–Crippen MR) is 70.0 cm³/mol. The first-order chi connectivity index (χ1) is 8.63. The van der Waals surface area contributed by atoms with Crippen LogP contribution in [0.2, 0.25) is 0 Å². The molecule has 1 saturated heterocycles. The van der Waals surface area contributed by atoms with Crippen molar-refractivity contribution >= 4 is 11.7 Å². The van der Waals surface area contributed by atoms with Crippen LogP contribution in [0.5, 0.6) is 0 Å². The summed E-state index contributed by atoms with van der Waals surface area (Å²) < 4.78 is 0. The van der Waals surface area contributed by atoms with Crippen molar-refractivity contribution in [3.8, 4) is 0 Å². The first kappa shape index (κ1) is 12.8. The number of carbonyl (C=O) groups excluding carboxylic acids is 1. The Morgan fingerprint density at radius 2 is 2.33 bits per heavy atom. The van der Waals surface area contributed by atoms with E-state index in [0.717, 1.165) is 19.6 Å². The van der Waals surface area contributed by atoms with Gasteiger partial charge in [0.1, 0.15) is 0 Å². The molecule has 0 radical (unpaired) electrons. The molecule has 1 aromatic rings. The molecule has 0 aliphatic carbocycles. The van der Waals surface area contributed by atoms with E-state index < -0.39 is 0 Å². The van der Waals surface area contributed by atoms with Crippen LogP contribution in [0.1, 0.15) is 17.3 Å². The lowest BCUT2D eigenvalue weighted by Crippen LogP contribution is -2.52. The maximum Gasteiger partial charge on any atom is 0.257 e. The molecule has 2 heterocycles. The van der Waals surface area contributed by atoms with E-state index in [2.05, 4.69) is 29.3 Å². The van der Waals surface area contributed by atoms with Crippen LogP contribution in [-0.4, -0.2) is 53.4 Å². The van der Waals surface area contributed by atoms with E-state index in [1.54, 1.807) is 18.3 Å². The Morgan fingerprint density at radius 3 is 3.00 bits per heavy atom. The molecule has 1 aliphatic heterocycles. The fourth-order valence-corrected chi connectivity index (χ4v) is 2.10. The molecule has 2 rings (SSSR count). The SMILES string of the molecule is CC1CN(C(=O)c2cccnc2NN)CCN1C. The van der Waals surface area contributed by atoms with Crippen LogP contribution in [0.4, 0.5) is 5.82 Å². The number of aromatic nitrogens is 1. The summed E-state index contributed by atoms with van der Waals surface area (Å²) >= 11 is 0. The van der Waals surface area contributed by atoms with Gasteiger partial charge in [0.2, 0.25) is 0 Å². The number of hydrogen-bond donors (Lipinski definition) is 2. The number of piperazine rings is 1. The van der Waals surface area contributed by atoms with Crippen LogP contribution in [0.15, 0.2) is 18.3 Å². The summed E-state index contributed by atoms with van der Waals surface area (Å²) in [6, 6.07) is 3.86. The van der Waals surface area contributed by atoms with Crippen LogP contribution < -0.4 is 11.3 Å². The summed E-state index contributed by atoms with van der Waals surface area (Å²) in [7, 11) is 2.07. The molecule has 0 aromatic carbocycles. The number of carbonyl (C=O) groups is 1. The third-order valence-electron chi connectivity index (χ3n) is 3.42. The van der Waals surface area contributed by atoms with Crippen molar-refractivity contribution in [2.45, 2.75) is 13.0 Å². The number of amides is 1.